The first-order valence-corrected chi connectivity index (χ1v) is 8.69. The second kappa shape index (κ2) is 8.03. The Morgan fingerprint density at radius 2 is 1.79 bits per heavy atom. The van der Waals surface area contributed by atoms with Crippen LogP contribution in [0, 0.1) is 5.92 Å². The molecule has 0 aromatic carbocycles. The molecule has 19 heavy (non-hydrogen) atoms. The van der Waals surface area contributed by atoms with E-state index in [0.29, 0.717) is 6.04 Å². The lowest BCUT2D eigenvalue weighted by Gasteiger charge is -2.28. The highest BCUT2D eigenvalue weighted by molar-refractivity contribution is 7.11. The van der Waals surface area contributed by atoms with Crippen molar-refractivity contribution in [3.8, 4) is 0 Å². The Morgan fingerprint density at radius 3 is 2.37 bits per heavy atom. The fraction of sp³-hybridized carbons (Fsp3) is 0.750. The number of nitrogens with one attached hydrogen (secondary N) is 1. The van der Waals surface area contributed by atoms with Gasteiger partial charge >= 0.3 is 0 Å². The lowest BCUT2D eigenvalue weighted by Crippen LogP contribution is -2.42. The zero-order valence-corrected chi connectivity index (χ0v) is 13.0. The van der Waals surface area contributed by atoms with Crippen molar-refractivity contribution >= 4 is 11.3 Å². The predicted molar refractivity (Wildman–Crippen MR) is 84.3 cm³/mol. The molecule has 1 unspecified atom stereocenters. The molecule has 1 heterocycles. The molecule has 0 aliphatic heterocycles. The van der Waals surface area contributed by atoms with E-state index >= 15 is 0 Å². The van der Waals surface area contributed by atoms with Crippen LogP contribution in [0.3, 0.4) is 0 Å². The molecule has 108 valence electrons. The molecule has 1 aromatic heterocycles. The van der Waals surface area contributed by atoms with Crippen molar-refractivity contribution in [2.24, 2.45) is 11.8 Å². The molecule has 1 saturated carbocycles. The lowest BCUT2D eigenvalue weighted by atomic mass is 9.84. The van der Waals surface area contributed by atoms with Crippen LogP contribution in [-0.2, 0) is 12.8 Å². The quantitative estimate of drug-likeness (QED) is 0.631. The minimum Gasteiger partial charge on any atom is -0.271 e. The van der Waals surface area contributed by atoms with Crippen molar-refractivity contribution in [2.45, 2.75) is 70.8 Å². The first-order chi connectivity index (χ1) is 9.33. The Balaban J connectivity index is 1.93. The van der Waals surface area contributed by atoms with Crippen molar-refractivity contribution in [1.29, 1.82) is 0 Å². The van der Waals surface area contributed by atoms with Crippen LogP contribution in [0.25, 0.3) is 0 Å². The standard InChI is InChI=1S/C16H28N2S/c1-2-14-10-11-15(19-14)12-16(18-17)13-8-6-4-3-5-7-9-13/h10-11,13,16,18H,2-9,12,17H2,1H3. The fourth-order valence-corrected chi connectivity index (χ4v) is 4.21. The van der Waals surface area contributed by atoms with Gasteiger partial charge in [0.25, 0.3) is 0 Å². The van der Waals surface area contributed by atoms with Gasteiger partial charge in [-0.1, -0.05) is 39.0 Å². The summed E-state index contributed by atoms with van der Waals surface area (Å²) in [6.45, 7) is 2.23. The monoisotopic (exact) mass is 280 g/mol. The second-order valence-electron chi connectivity index (χ2n) is 5.80. The molecule has 1 aliphatic carbocycles. The van der Waals surface area contributed by atoms with E-state index in [1.165, 1.54) is 54.7 Å². The van der Waals surface area contributed by atoms with E-state index in [-0.39, 0.29) is 0 Å². The van der Waals surface area contributed by atoms with Crippen molar-refractivity contribution in [3.05, 3.63) is 21.9 Å². The van der Waals surface area contributed by atoms with E-state index < -0.39 is 0 Å². The summed E-state index contributed by atoms with van der Waals surface area (Å²) in [6, 6.07) is 5.02. The fourth-order valence-electron chi connectivity index (χ4n) is 3.19. The number of nitrogens with two attached hydrogens (primary N) is 1. The third-order valence-electron chi connectivity index (χ3n) is 4.42. The van der Waals surface area contributed by atoms with Gasteiger partial charge in [0, 0.05) is 15.8 Å². The van der Waals surface area contributed by atoms with Gasteiger partial charge in [0.05, 0.1) is 0 Å². The third-order valence-corrected chi connectivity index (χ3v) is 5.67. The molecule has 3 heteroatoms. The SMILES string of the molecule is CCc1ccc(CC(NN)C2CCCCCCC2)s1. The maximum Gasteiger partial charge on any atom is 0.0286 e. The maximum atomic E-state index is 5.84. The number of hydrogen-bond acceptors (Lipinski definition) is 3. The molecule has 1 aromatic rings. The number of thiophene rings is 1. The van der Waals surface area contributed by atoms with Gasteiger partial charge in [-0.15, -0.1) is 11.3 Å². The third kappa shape index (κ3) is 4.59. The highest BCUT2D eigenvalue weighted by Gasteiger charge is 2.21. The summed E-state index contributed by atoms with van der Waals surface area (Å²) < 4.78 is 0. The predicted octanol–water partition coefficient (Wildman–Crippen LogP) is 4.05. The highest BCUT2D eigenvalue weighted by Crippen LogP contribution is 2.28. The highest BCUT2D eigenvalue weighted by atomic mass is 32.1. The Hall–Kier alpha value is -0.380. The average molecular weight is 280 g/mol. The van der Waals surface area contributed by atoms with Crippen LogP contribution in [-0.4, -0.2) is 6.04 Å². The summed E-state index contributed by atoms with van der Waals surface area (Å²) in [4.78, 5) is 2.98. The average Bonchev–Trinajstić information content (AvgIpc) is 2.84. The molecular weight excluding hydrogens is 252 g/mol. The van der Waals surface area contributed by atoms with E-state index in [2.05, 4.69) is 24.5 Å². The van der Waals surface area contributed by atoms with Crippen molar-refractivity contribution in [1.82, 2.24) is 5.43 Å². The van der Waals surface area contributed by atoms with E-state index in [1.807, 2.05) is 11.3 Å². The summed E-state index contributed by atoms with van der Waals surface area (Å²) in [6.07, 6.45) is 12.0. The van der Waals surface area contributed by atoms with E-state index in [1.54, 1.807) is 0 Å². The van der Waals surface area contributed by atoms with Crippen LogP contribution in [0.4, 0.5) is 0 Å². The summed E-state index contributed by atoms with van der Waals surface area (Å²) in [5.74, 6) is 6.60. The number of hydrogen-bond donors (Lipinski definition) is 2. The van der Waals surface area contributed by atoms with Crippen LogP contribution in [0.2, 0.25) is 0 Å². The zero-order valence-electron chi connectivity index (χ0n) is 12.2. The van der Waals surface area contributed by atoms with Crippen LogP contribution in [0.5, 0.6) is 0 Å². The summed E-state index contributed by atoms with van der Waals surface area (Å²) in [7, 11) is 0. The zero-order chi connectivity index (χ0) is 13.5. The van der Waals surface area contributed by atoms with Crippen molar-refractivity contribution in [3.63, 3.8) is 0 Å². The van der Waals surface area contributed by atoms with Gasteiger partial charge in [-0.05, 0) is 43.7 Å². The van der Waals surface area contributed by atoms with Crippen LogP contribution in [0.1, 0.15) is 61.6 Å². The molecule has 0 bridgehead atoms. The molecule has 0 spiro atoms. The van der Waals surface area contributed by atoms with Gasteiger partial charge in [-0.25, -0.2) is 0 Å². The van der Waals surface area contributed by atoms with Crippen molar-refractivity contribution < 1.29 is 0 Å². The topological polar surface area (TPSA) is 38.0 Å². The van der Waals surface area contributed by atoms with Crippen LogP contribution < -0.4 is 11.3 Å². The van der Waals surface area contributed by atoms with Gasteiger partial charge < -0.3 is 0 Å². The normalized spacial score (nSPS) is 19.9. The molecule has 2 nitrogen and oxygen atoms in total. The second-order valence-corrected chi connectivity index (χ2v) is 7.06. The van der Waals surface area contributed by atoms with E-state index in [0.717, 1.165) is 18.8 Å². The summed E-state index contributed by atoms with van der Waals surface area (Å²) in [5, 5.41) is 0. The Morgan fingerprint density at radius 1 is 1.16 bits per heavy atom. The summed E-state index contributed by atoms with van der Waals surface area (Å²) >= 11 is 1.95. The molecule has 0 radical (unpaired) electrons. The number of hydrazine groups is 1. The Labute approximate surface area is 121 Å². The minimum absolute atomic E-state index is 0.460. The molecule has 2 rings (SSSR count). The molecule has 0 saturated heterocycles. The first-order valence-electron chi connectivity index (χ1n) is 7.87. The Kier molecular flexibility index (Phi) is 6.35. The molecule has 0 amide bonds. The first kappa shape index (κ1) is 15.0. The Bertz CT molecular complexity index is 353. The van der Waals surface area contributed by atoms with Gasteiger partial charge in [-0.3, -0.25) is 11.3 Å². The van der Waals surface area contributed by atoms with Crippen LogP contribution >= 0.6 is 11.3 Å². The molecular formula is C16H28N2S. The largest absolute Gasteiger partial charge is 0.271 e. The van der Waals surface area contributed by atoms with E-state index in [4.69, 9.17) is 5.84 Å². The van der Waals surface area contributed by atoms with E-state index in [9.17, 15) is 0 Å². The molecule has 3 N–H and O–H groups in total. The minimum atomic E-state index is 0.460. The maximum absolute atomic E-state index is 5.84. The van der Waals surface area contributed by atoms with Gasteiger partial charge in [0.15, 0.2) is 0 Å². The molecule has 1 aliphatic rings. The smallest absolute Gasteiger partial charge is 0.0286 e. The lowest BCUT2D eigenvalue weighted by molar-refractivity contribution is 0.286. The van der Waals surface area contributed by atoms with Crippen molar-refractivity contribution in [2.75, 3.05) is 0 Å². The van der Waals surface area contributed by atoms with Gasteiger partial charge in [-0.2, -0.15) is 0 Å². The van der Waals surface area contributed by atoms with Gasteiger partial charge in [0.2, 0.25) is 0 Å². The summed E-state index contributed by atoms with van der Waals surface area (Å²) in [5.41, 5.74) is 3.10. The number of aryl methyl sites for hydroxylation is 1. The number of rotatable bonds is 5. The molecule has 1 atom stereocenters. The molecule has 1 fully saturated rings. The van der Waals surface area contributed by atoms with Gasteiger partial charge in [0.1, 0.15) is 0 Å². The van der Waals surface area contributed by atoms with Crippen LogP contribution in [0.15, 0.2) is 12.1 Å².